The molecule has 6 N–H and O–H groups in total. The van der Waals surface area contributed by atoms with Crippen molar-refractivity contribution in [2.24, 2.45) is 11.5 Å². The zero-order valence-corrected chi connectivity index (χ0v) is 12.7. The highest BCUT2D eigenvalue weighted by Crippen LogP contribution is 2.27. The number of aromatic amines is 1. The van der Waals surface area contributed by atoms with E-state index in [0.29, 0.717) is 5.69 Å². The van der Waals surface area contributed by atoms with Crippen molar-refractivity contribution in [2.75, 3.05) is 5.32 Å². The number of benzene rings is 2. The number of urea groups is 1. The Morgan fingerprint density at radius 2 is 1.42 bits per heavy atom. The van der Waals surface area contributed by atoms with Crippen LogP contribution in [0.5, 0.6) is 0 Å². The molecule has 0 aliphatic rings. The van der Waals surface area contributed by atoms with Gasteiger partial charge in [0.1, 0.15) is 5.82 Å². The second-order valence-corrected chi connectivity index (χ2v) is 5.27. The first-order valence-electron chi connectivity index (χ1n) is 7.29. The fraction of sp³-hybridized carbons (Fsp3) is 0. The summed E-state index contributed by atoms with van der Waals surface area (Å²) in [5, 5.41) is 2.36. The summed E-state index contributed by atoms with van der Waals surface area (Å²) in [5.41, 5.74) is 14.3. The summed E-state index contributed by atoms with van der Waals surface area (Å²) in [5.74, 6) is -0.459. The molecule has 1 aromatic heterocycles. The zero-order valence-electron chi connectivity index (χ0n) is 12.7. The highest BCUT2D eigenvalue weighted by Gasteiger charge is 2.15. The quantitative estimate of drug-likeness (QED) is 0.592. The van der Waals surface area contributed by atoms with E-state index in [1.165, 1.54) is 0 Å². The standard InChI is InChI=1S/C18H16N4O2/c19-16(23)14-10-15(21-17(14)22-18(20)24)13-8-6-12(7-9-13)11-4-2-1-3-5-11/h1-10,21H,(H2,19,23)(H3,20,22,24). The molecule has 0 spiro atoms. The molecule has 0 saturated carbocycles. The monoisotopic (exact) mass is 320 g/mol. The SMILES string of the molecule is NC(=O)Nc1[nH]c(-c2ccc(-c3ccccc3)cc2)cc1C(N)=O. The summed E-state index contributed by atoms with van der Waals surface area (Å²) < 4.78 is 0. The van der Waals surface area contributed by atoms with Gasteiger partial charge >= 0.3 is 6.03 Å². The van der Waals surface area contributed by atoms with Gasteiger partial charge in [-0.15, -0.1) is 0 Å². The lowest BCUT2D eigenvalue weighted by molar-refractivity contribution is 0.100. The van der Waals surface area contributed by atoms with Crippen LogP contribution in [0.1, 0.15) is 10.4 Å². The van der Waals surface area contributed by atoms with Crippen LogP contribution >= 0.6 is 0 Å². The Balaban J connectivity index is 1.94. The molecule has 0 saturated heterocycles. The molecule has 3 rings (SSSR count). The molecule has 24 heavy (non-hydrogen) atoms. The first-order valence-corrected chi connectivity index (χ1v) is 7.29. The Bertz CT molecular complexity index is 883. The van der Waals surface area contributed by atoms with Crippen molar-refractivity contribution in [3.05, 3.63) is 66.2 Å². The smallest absolute Gasteiger partial charge is 0.317 e. The Labute approximate surface area is 138 Å². The molecule has 0 aliphatic carbocycles. The van der Waals surface area contributed by atoms with Crippen molar-refractivity contribution < 1.29 is 9.59 Å². The van der Waals surface area contributed by atoms with Crippen LogP contribution in [0, 0.1) is 0 Å². The first-order chi connectivity index (χ1) is 11.5. The molecule has 0 atom stereocenters. The molecule has 0 bridgehead atoms. The Kier molecular flexibility index (Phi) is 4.03. The molecule has 0 unspecified atom stereocenters. The summed E-state index contributed by atoms with van der Waals surface area (Å²) in [6, 6.07) is 18.6. The van der Waals surface area contributed by atoms with Crippen molar-refractivity contribution in [3.63, 3.8) is 0 Å². The Morgan fingerprint density at radius 3 is 2.00 bits per heavy atom. The topological polar surface area (TPSA) is 114 Å². The van der Waals surface area contributed by atoms with Crippen LogP contribution < -0.4 is 16.8 Å². The lowest BCUT2D eigenvalue weighted by atomic mass is 10.0. The lowest BCUT2D eigenvalue weighted by Gasteiger charge is -2.03. The minimum absolute atomic E-state index is 0.177. The van der Waals surface area contributed by atoms with Crippen LogP contribution in [0.3, 0.4) is 0 Å². The van der Waals surface area contributed by atoms with Gasteiger partial charge in [0, 0.05) is 5.69 Å². The number of anilines is 1. The number of amides is 3. The maximum atomic E-state index is 11.5. The minimum atomic E-state index is -0.773. The van der Waals surface area contributed by atoms with E-state index in [4.69, 9.17) is 11.5 Å². The van der Waals surface area contributed by atoms with Crippen molar-refractivity contribution in [1.82, 2.24) is 4.98 Å². The molecule has 0 fully saturated rings. The maximum absolute atomic E-state index is 11.5. The van der Waals surface area contributed by atoms with Crippen LogP contribution in [0.15, 0.2) is 60.7 Å². The second kappa shape index (κ2) is 6.29. The predicted molar refractivity (Wildman–Crippen MR) is 93.4 cm³/mol. The van der Waals surface area contributed by atoms with E-state index < -0.39 is 11.9 Å². The van der Waals surface area contributed by atoms with Crippen molar-refractivity contribution >= 4 is 17.8 Å². The fourth-order valence-electron chi connectivity index (χ4n) is 2.50. The third-order valence-electron chi connectivity index (χ3n) is 3.63. The molecule has 1 heterocycles. The van der Waals surface area contributed by atoms with E-state index in [1.807, 2.05) is 54.6 Å². The summed E-state index contributed by atoms with van der Waals surface area (Å²) in [6.45, 7) is 0. The molecule has 2 aromatic carbocycles. The van der Waals surface area contributed by atoms with Gasteiger partial charge in [0.05, 0.1) is 5.56 Å². The number of nitrogens with two attached hydrogens (primary N) is 2. The number of hydrogen-bond donors (Lipinski definition) is 4. The van der Waals surface area contributed by atoms with E-state index in [9.17, 15) is 9.59 Å². The third kappa shape index (κ3) is 3.12. The molecule has 0 radical (unpaired) electrons. The Hall–Kier alpha value is -3.54. The number of carbonyl (C=O) groups excluding carboxylic acids is 2. The predicted octanol–water partition coefficient (Wildman–Crippen LogP) is 2.94. The van der Waals surface area contributed by atoms with Gasteiger partial charge in [0.2, 0.25) is 0 Å². The summed E-state index contributed by atoms with van der Waals surface area (Å²) in [6.07, 6.45) is 0. The van der Waals surface area contributed by atoms with Gasteiger partial charge in [-0.3, -0.25) is 10.1 Å². The molecular formula is C18H16N4O2. The van der Waals surface area contributed by atoms with Gasteiger partial charge in [0.25, 0.3) is 5.91 Å². The Morgan fingerprint density at radius 1 is 0.833 bits per heavy atom. The zero-order chi connectivity index (χ0) is 17.1. The van der Waals surface area contributed by atoms with E-state index >= 15 is 0 Å². The van der Waals surface area contributed by atoms with Crippen molar-refractivity contribution in [2.45, 2.75) is 0 Å². The summed E-state index contributed by atoms with van der Waals surface area (Å²) >= 11 is 0. The summed E-state index contributed by atoms with van der Waals surface area (Å²) in [4.78, 5) is 25.5. The normalized spacial score (nSPS) is 10.3. The minimum Gasteiger partial charge on any atom is -0.365 e. The van der Waals surface area contributed by atoms with Gasteiger partial charge in [-0.05, 0) is 22.8 Å². The average molecular weight is 320 g/mol. The second-order valence-electron chi connectivity index (χ2n) is 5.27. The van der Waals surface area contributed by atoms with Gasteiger partial charge < -0.3 is 16.5 Å². The summed E-state index contributed by atoms with van der Waals surface area (Å²) in [7, 11) is 0. The molecule has 3 amide bonds. The molecule has 6 heteroatoms. The lowest BCUT2D eigenvalue weighted by Crippen LogP contribution is -2.22. The van der Waals surface area contributed by atoms with E-state index in [-0.39, 0.29) is 11.4 Å². The van der Waals surface area contributed by atoms with Crippen LogP contribution in [-0.2, 0) is 0 Å². The maximum Gasteiger partial charge on any atom is 0.317 e. The van der Waals surface area contributed by atoms with Crippen LogP contribution in [0.2, 0.25) is 0 Å². The average Bonchev–Trinajstić information content (AvgIpc) is 2.99. The molecule has 120 valence electrons. The van der Waals surface area contributed by atoms with E-state index in [1.54, 1.807) is 6.07 Å². The molecule has 3 aromatic rings. The van der Waals surface area contributed by atoms with Crippen LogP contribution in [-0.4, -0.2) is 16.9 Å². The number of aromatic nitrogens is 1. The van der Waals surface area contributed by atoms with Gasteiger partial charge in [0.15, 0.2) is 0 Å². The number of carbonyl (C=O) groups is 2. The number of primary amides is 2. The van der Waals surface area contributed by atoms with E-state index in [2.05, 4.69) is 10.3 Å². The van der Waals surface area contributed by atoms with Gasteiger partial charge in [-0.25, -0.2) is 4.79 Å². The number of rotatable bonds is 4. The number of nitrogens with one attached hydrogen (secondary N) is 2. The molecule has 0 aliphatic heterocycles. The molecule has 6 nitrogen and oxygen atoms in total. The highest BCUT2D eigenvalue weighted by atomic mass is 16.2. The highest BCUT2D eigenvalue weighted by molar-refractivity contribution is 6.03. The van der Waals surface area contributed by atoms with Gasteiger partial charge in [-0.1, -0.05) is 54.6 Å². The largest absolute Gasteiger partial charge is 0.365 e. The van der Waals surface area contributed by atoms with E-state index in [0.717, 1.165) is 16.7 Å². The van der Waals surface area contributed by atoms with Crippen molar-refractivity contribution in [1.29, 1.82) is 0 Å². The van der Waals surface area contributed by atoms with Crippen LogP contribution in [0.4, 0.5) is 10.6 Å². The molecular weight excluding hydrogens is 304 g/mol. The first kappa shape index (κ1) is 15.4. The van der Waals surface area contributed by atoms with Gasteiger partial charge in [-0.2, -0.15) is 0 Å². The van der Waals surface area contributed by atoms with Crippen molar-refractivity contribution in [3.8, 4) is 22.4 Å². The number of hydrogen-bond acceptors (Lipinski definition) is 2. The number of H-pyrrole nitrogens is 1. The van der Waals surface area contributed by atoms with Crippen LogP contribution in [0.25, 0.3) is 22.4 Å². The third-order valence-corrected chi connectivity index (χ3v) is 3.63. The fourth-order valence-corrected chi connectivity index (χ4v) is 2.50.